The summed E-state index contributed by atoms with van der Waals surface area (Å²) >= 11 is 0. The number of fused-ring (bicyclic) bond motifs is 2. The Morgan fingerprint density at radius 3 is 1.92 bits per heavy atom. The van der Waals surface area contributed by atoms with Gasteiger partial charge >= 0.3 is 0 Å². The standard InChI is InChI=1S/C11H20.C2H6/c1-2-9-6-10-4-3-5-11(7-9)8-10;1-2/h9-11H,2-8H2,1H3;1-2H3. The molecule has 0 saturated heterocycles. The molecular formula is C13H26. The molecule has 13 heavy (non-hydrogen) atoms. The summed E-state index contributed by atoms with van der Waals surface area (Å²) in [5.74, 6) is 3.36. The lowest BCUT2D eigenvalue weighted by Gasteiger charge is -2.38. The maximum Gasteiger partial charge on any atom is -0.0409 e. The van der Waals surface area contributed by atoms with Crippen molar-refractivity contribution in [3.8, 4) is 0 Å². The third kappa shape index (κ3) is 3.00. The molecule has 0 aromatic rings. The third-order valence-electron chi connectivity index (χ3n) is 3.80. The van der Waals surface area contributed by atoms with Gasteiger partial charge in [0.2, 0.25) is 0 Å². The molecule has 0 aromatic heterocycles. The van der Waals surface area contributed by atoms with Crippen molar-refractivity contribution in [3.05, 3.63) is 0 Å². The maximum absolute atomic E-state index is 2.37. The molecule has 0 aromatic carbocycles. The van der Waals surface area contributed by atoms with E-state index in [4.69, 9.17) is 0 Å². The molecule has 2 fully saturated rings. The van der Waals surface area contributed by atoms with Gasteiger partial charge in [0, 0.05) is 0 Å². The van der Waals surface area contributed by atoms with E-state index in [1.54, 1.807) is 32.1 Å². The monoisotopic (exact) mass is 182 g/mol. The average molecular weight is 182 g/mol. The highest BCUT2D eigenvalue weighted by Gasteiger charge is 2.30. The van der Waals surface area contributed by atoms with Gasteiger partial charge < -0.3 is 0 Å². The Kier molecular flexibility index (Phi) is 4.83. The van der Waals surface area contributed by atoms with Crippen LogP contribution in [0.4, 0.5) is 0 Å². The Bertz CT molecular complexity index is 116. The first kappa shape index (κ1) is 11.1. The lowest BCUT2D eigenvalue weighted by molar-refractivity contribution is 0.135. The van der Waals surface area contributed by atoms with Crippen LogP contribution in [0.1, 0.15) is 65.7 Å². The predicted molar refractivity (Wildman–Crippen MR) is 59.8 cm³/mol. The minimum absolute atomic E-state index is 1.10. The highest BCUT2D eigenvalue weighted by molar-refractivity contribution is 4.82. The average Bonchev–Trinajstić information content (AvgIpc) is 2.20. The van der Waals surface area contributed by atoms with Gasteiger partial charge in [-0.15, -0.1) is 0 Å². The van der Waals surface area contributed by atoms with E-state index < -0.39 is 0 Å². The van der Waals surface area contributed by atoms with Crippen molar-refractivity contribution < 1.29 is 0 Å². The third-order valence-corrected chi connectivity index (χ3v) is 3.80. The fourth-order valence-electron chi connectivity index (χ4n) is 3.20. The highest BCUT2D eigenvalue weighted by Crippen LogP contribution is 2.43. The quantitative estimate of drug-likeness (QED) is 0.554. The molecule has 0 heteroatoms. The topological polar surface area (TPSA) is 0 Å². The molecule has 0 heterocycles. The molecule has 0 spiro atoms. The summed E-state index contributed by atoms with van der Waals surface area (Å²) in [6.07, 6.45) is 10.8. The molecule has 0 radical (unpaired) electrons. The van der Waals surface area contributed by atoms with Crippen LogP contribution < -0.4 is 0 Å². The fourth-order valence-corrected chi connectivity index (χ4v) is 3.20. The lowest BCUT2D eigenvalue weighted by Crippen LogP contribution is -2.26. The molecule has 0 aliphatic heterocycles. The summed E-state index contributed by atoms with van der Waals surface area (Å²) in [5, 5.41) is 0. The van der Waals surface area contributed by atoms with Crippen LogP contribution in [0.3, 0.4) is 0 Å². The molecule has 0 amide bonds. The highest BCUT2D eigenvalue weighted by atomic mass is 14.4. The molecular weight excluding hydrogens is 156 g/mol. The summed E-state index contributed by atoms with van der Waals surface area (Å²) in [7, 11) is 0. The second-order valence-electron chi connectivity index (χ2n) is 4.64. The summed E-state index contributed by atoms with van der Waals surface area (Å²) < 4.78 is 0. The Balaban J connectivity index is 0.000000396. The van der Waals surface area contributed by atoms with Gasteiger partial charge in [0.1, 0.15) is 0 Å². The van der Waals surface area contributed by atoms with Crippen LogP contribution in [0.15, 0.2) is 0 Å². The van der Waals surface area contributed by atoms with Crippen LogP contribution in [-0.4, -0.2) is 0 Å². The van der Waals surface area contributed by atoms with E-state index in [-0.39, 0.29) is 0 Å². The van der Waals surface area contributed by atoms with E-state index in [1.807, 2.05) is 13.8 Å². The van der Waals surface area contributed by atoms with Gasteiger partial charge in [-0.05, 0) is 37.0 Å². The second-order valence-corrected chi connectivity index (χ2v) is 4.64. The Morgan fingerprint density at radius 1 is 0.923 bits per heavy atom. The van der Waals surface area contributed by atoms with Crippen molar-refractivity contribution in [2.45, 2.75) is 65.7 Å². The second kappa shape index (κ2) is 5.67. The van der Waals surface area contributed by atoms with Gasteiger partial charge in [0.15, 0.2) is 0 Å². The van der Waals surface area contributed by atoms with E-state index in [0.717, 1.165) is 17.8 Å². The summed E-state index contributed by atoms with van der Waals surface area (Å²) in [5.41, 5.74) is 0. The Hall–Kier alpha value is 0. The van der Waals surface area contributed by atoms with E-state index in [9.17, 15) is 0 Å². The van der Waals surface area contributed by atoms with Crippen molar-refractivity contribution in [1.29, 1.82) is 0 Å². The van der Waals surface area contributed by atoms with Gasteiger partial charge in [0.25, 0.3) is 0 Å². The van der Waals surface area contributed by atoms with Gasteiger partial charge in [-0.3, -0.25) is 0 Å². The molecule has 0 N–H and O–H groups in total. The molecule has 2 atom stereocenters. The van der Waals surface area contributed by atoms with Crippen molar-refractivity contribution >= 4 is 0 Å². The number of rotatable bonds is 1. The van der Waals surface area contributed by atoms with E-state index in [1.165, 1.54) is 12.8 Å². The summed E-state index contributed by atoms with van der Waals surface area (Å²) in [6, 6.07) is 0. The van der Waals surface area contributed by atoms with E-state index >= 15 is 0 Å². The first-order valence-electron chi connectivity index (χ1n) is 6.38. The van der Waals surface area contributed by atoms with Crippen LogP contribution in [0, 0.1) is 17.8 Å². The largest absolute Gasteiger partial charge is 0.0683 e. The van der Waals surface area contributed by atoms with Crippen LogP contribution in [0.25, 0.3) is 0 Å². The van der Waals surface area contributed by atoms with Crippen LogP contribution >= 0.6 is 0 Å². The smallest absolute Gasteiger partial charge is 0.0409 e. The lowest BCUT2D eigenvalue weighted by atomic mass is 9.67. The zero-order valence-corrected chi connectivity index (χ0v) is 9.68. The minimum Gasteiger partial charge on any atom is -0.0683 e. The van der Waals surface area contributed by atoms with Gasteiger partial charge in [-0.1, -0.05) is 46.5 Å². The van der Waals surface area contributed by atoms with Gasteiger partial charge in [-0.25, -0.2) is 0 Å². The molecule has 2 aliphatic rings. The molecule has 2 rings (SSSR count). The fraction of sp³-hybridized carbons (Fsp3) is 1.00. The minimum atomic E-state index is 1.10. The van der Waals surface area contributed by atoms with Crippen molar-refractivity contribution in [2.24, 2.45) is 17.8 Å². The summed E-state index contributed by atoms with van der Waals surface area (Å²) in [4.78, 5) is 0. The van der Waals surface area contributed by atoms with Gasteiger partial charge in [0.05, 0.1) is 0 Å². The van der Waals surface area contributed by atoms with Crippen molar-refractivity contribution in [3.63, 3.8) is 0 Å². The molecule has 0 nitrogen and oxygen atoms in total. The van der Waals surface area contributed by atoms with Crippen molar-refractivity contribution in [2.75, 3.05) is 0 Å². The predicted octanol–water partition coefficient (Wildman–Crippen LogP) is 4.64. The van der Waals surface area contributed by atoms with Gasteiger partial charge in [-0.2, -0.15) is 0 Å². The molecule has 78 valence electrons. The number of hydrogen-bond acceptors (Lipinski definition) is 0. The van der Waals surface area contributed by atoms with Crippen LogP contribution in [0.5, 0.6) is 0 Å². The molecule has 2 bridgehead atoms. The molecule has 2 unspecified atom stereocenters. The van der Waals surface area contributed by atoms with E-state index in [2.05, 4.69) is 6.92 Å². The first-order valence-corrected chi connectivity index (χ1v) is 6.38. The zero-order chi connectivity index (χ0) is 9.68. The SMILES string of the molecule is CC.CCC1CC2CCCC(C1)C2. The zero-order valence-electron chi connectivity index (χ0n) is 9.68. The normalized spacial score (nSPS) is 37.6. The number of hydrogen-bond donors (Lipinski definition) is 0. The first-order chi connectivity index (χ1) is 6.38. The van der Waals surface area contributed by atoms with E-state index in [0.29, 0.717) is 0 Å². The molecule has 2 saturated carbocycles. The molecule has 2 aliphatic carbocycles. The van der Waals surface area contributed by atoms with Crippen LogP contribution in [-0.2, 0) is 0 Å². The van der Waals surface area contributed by atoms with Crippen molar-refractivity contribution in [1.82, 2.24) is 0 Å². The Labute approximate surface area is 84.1 Å². The maximum atomic E-state index is 2.37. The summed E-state index contributed by atoms with van der Waals surface area (Å²) in [6.45, 7) is 6.37. The van der Waals surface area contributed by atoms with Crippen LogP contribution in [0.2, 0.25) is 0 Å². The Morgan fingerprint density at radius 2 is 1.46 bits per heavy atom.